The summed E-state index contributed by atoms with van der Waals surface area (Å²) in [6.45, 7) is 2.26. The number of alkyl halides is 3. The van der Waals surface area contributed by atoms with Gasteiger partial charge in [0.1, 0.15) is 22.5 Å². The van der Waals surface area contributed by atoms with Crippen molar-refractivity contribution in [1.29, 1.82) is 0 Å². The van der Waals surface area contributed by atoms with E-state index in [9.17, 15) is 31.1 Å². The number of benzene rings is 1. The third-order valence-electron chi connectivity index (χ3n) is 4.31. The predicted molar refractivity (Wildman–Crippen MR) is 81.9 cm³/mol. The lowest BCUT2D eigenvalue weighted by Gasteiger charge is -2.08. The van der Waals surface area contributed by atoms with Gasteiger partial charge >= 0.3 is 12.1 Å². The summed E-state index contributed by atoms with van der Waals surface area (Å²) in [4.78, 5) is 12.1. The van der Waals surface area contributed by atoms with E-state index in [4.69, 9.17) is 27.9 Å². The topological polar surface area (TPSA) is 26.3 Å². The molecule has 10 heteroatoms. The van der Waals surface area contributed by atoms with Crippen molar-refractivity contribution in [3.63, 3.8) is 0 Å². The molecule has 1 fully saturated rings. The van der Waals surface area contributed by atoms with Crippen molar-refractivity contribution in [2.24, 2.45) is 17.3 Å². The van der Waals surface area contributed by atoms with E-state index in [2.05, 4.69) is 0 Å². The number of halogens is 8. The summed E-state index contributed by atoms with van der Waals surface area (Å²) < 4.78 is 82.7. The molecule has 2 nitrogen and oxygen atoms in total. The monoisotopic (exact) mass is 420 g/mol. The highest BCUT2D eigenvalue weighted by Crippen LogP contribution is 2.60. The van der Waals surface area contributed by atoms with Gasteiger partial charge in [-0.25, -0.2) is 13.2 Å². The fourth-order valence-corrected chi connectivity index (χ4v) is 2.93. The van der Waals surface area contributed by atoms with E-state index < -0.39 is 69.1 Å². The highest BCUT2D eigenvalue weighted by molar-refractivity contribution is 6.31. The van der Waals surface area contributed by atoms with Gasteiger partial charge in [0.05, 0.1) is 5.92 Å². The molecule has 0 amide bonds. The second kappa shape index (κ2) is 6.96. The summed E-state index contributed by atoms with van der Waals surface area (Å²) in [5, 5.41) is -2.40. The first-order valence-electron chi connectivity index (χ1n) is 7.21. The smallest absolute Gasteiger partial charge is 0.426 e. The molecule has 0 radical (unpaired) electrons. The number of hydrogen-bond acceptors (Lipinski definition) is 2. The summed E-state index contributed by atoms with van der Waals surface area (Å²) in [6.07, 6.45) is -4.02. The van der Waals surface area contributed by atoms with Crippen LogP contribution in [0.15, 0.2) is 17.2 Å². The van der Waals surface area contributed by atoms with Gasteiger partial charge in [-0.1, -0.05) is 43.1 Å². The molecule has 0 N–H and O–H groups in total. The van der Waals surface area contributed by atoms with Crippen molar-refractivity contribution < 1.29 is 35.9 Å². The molecule has 1 aliphatic rings. The van der Waals surface area contributed by atoms with Crippen molar-refractivity contribution in [1.82, 2.24) is 0 Å². The minimum absolute atomic E-state index is 0.573. The van der Waals surface area contributed by atoms with Crippen molar-refractivity contribution in [3.8, 4) is 0 Å². The number of rotatable bonds is 4. The van der Waals surface area contributed by atoms with Crippen LogP contribution in [-0.4, -0.2) is 12.1 Å². The molecule has 1 aromatic carbocycles. The Hall–Kier alpha value is -1.41. The summed E-state index contributed by atoms with van der Waals surface area (Å²) in [6, 6.07) is 0.573. The lowest BCUT2D eigenvalue weighted by Crippen LogP contribution is -2.12. The molecule has 0 aromatic heterocycles. The van der Waals surface area contributed by atoms with Gasteiger partial charge in [0.15, 0.2) is 11.6 Å². The maximum Gasteiger partial charge on any atom is 0.426 e. The van der Waals surface area contributed by atoms with Gasteiger partial charge in [0.2, 0.25) is 0 Å². The van der Waals surface area contributed by atoms with Gasteiger partial charge in [0, 0.05) is 5.56 Å². The van der Waals surface area contributed by atoms with E-state index in [0.717, 1.165) is 6.08 Å². The van der Waals surface area contributed by atoms with Crippen molar-refractivity contribution in [2.45, 2.75) is 26.6 Å². The highest BCUT2D eigenvalue weighted by Gasteiger charge is 2.62. The Balaban J connectivity index is 2.10. The Bertz CT molecular complexity index is 773. The van der Waals surface area contributed by atoms with Crippen LogP contribution in [0.2, 0.25) is 5.02 Å². The summed E-state index contributed by atoms with van der Waals surface area (Å²) in [5.41, 5.74) is -1.45. The molecule has 1 aromatic rings. The van der Waals surface area contributed by atoms with Crippen LogP contribution in [0.25, 0.3) is 0 Å². The van der Waals surface area contributed by atoms with E-state index in [-0.39, 0.29) is 0 Å². The first-order chi connectivity index (χ1) is 11.8. The number of carbonyl (C=O) groups is 1. The molecule has 1 aliphatic carbocycles. The van der Waals surface area contributed by atoms with E-state index in [1.807, 2.05) is 0 Å². The Labute approximate surface area is 154 Å². The van der Waals surface area contributed by atoms with Crippen LogP contribution in [-0.2, 0) is 16.1 Å². The zero-order valence-electron chi connectivity index (χ0n) is 13.4. The average molecular weight is 421 g/mol. The standard InChI is InChI=1S/C16H12Cl2F6O2/c1-15(2)7(4-9(17)16(22,23)24)10(15)14(25)26-5-6-3-8(19)11(18)13(21)12(6)20/h3-4,7,10H,5H2,1-2H3. The fraction of sp³-hybridized carbons (Fsp3) is 0.438. The molecule has 2 rings (SSSR count). The molecule has 144 valence electrons. The van der Waals surface area contributed by atoms with Crippen molar-refractivity contribution in [2.75, 3.05) is 0 Å². The first kappa shape index (κ1) is 20.9. The summed E-state index contributed by atoms with van der Waals surface area (Å²) in [5.74, 6) is -7.06. The molecule has 1 saturated carbocycles. The van der Waals surface area contributed by atoms with Crippen molar-refractivity contribution in [3.05, 3.63) is 45.2 Å². The van der Waals surface area contributed by atoms with Crippen LogP contribution in [0.5, 0.6) is 0 Å². The number of allylic oxidation sites excluding steroid dienone is 2. The molecule has 26 heavy (non-hydrogen) atoms. The number of hydrogen-bond donors (Lipinski definition) is 0. The molecule has 0 bridgehead atoms. The third kappa shape index (κ3) is 3.96. The molecule has 2 atom stereocenters. The van der Waals surface area contributed by atoms with E-state index in [1.165, 1.54) is 13.8 Å². The van der Waals surface area contributed by atoms with Gasteiger partial charge in [0.25, 0.3) is 0 Å². The van der Waals surface area contributed by atoms with Gasteiger partial charge in [-0.15, -0.1) is 0 Å². The quantitative estimate of drug-likeness (QED) is 0.268. The minimum Gasteiger partial charge on any atom is -0.460 e. The van der Waals surface area contributed by atoms with E-state index in [1.54, 1.807) is 0 Å². The maximum atomic E-state index is 13.7. The van der Waals surface area contributed by atoms with Gasteiger partial charge < -0.3 is 4.74 Å². The SMILES string of the molecule is CC1(C)C(C=C(Cl)C(F)(F)F)C1C(=O)OCc1cc(F)c(Cl)c(F)c1F. The van der Waals surface area contributed by atoms with Crippen LogP contribution < -0.4 is 0 Å². The summed E-state index contributed by atoms with van der Waals surface area (Å²) >= 11 is 10.4. The Kier molecular flexibility index (Phi) is 5.59. The molecular weight excluding hydrogens is 409 g/mol. The third-order valence-corrected chi connectivity index (χ3v) is 5.00. The van der Waals surface area contributed by atoms with Crippen LogP contribution in [0, 0.1) is 34.7 Å². The molecule has 0 aliphatic heterocycles. The molecule has 0 spiro atoms. The number of carbonyl (C=O) groups excluding carboxylic acids is 1. The molecule has 0 heterocycles. The van der Waals surface area contributed by atoms with Crippen LogP contribution >= 0.6 is 23.2 Å². The highest BCUT2D eigenvalue weighted by atomic mass is 35.5. The fourth-order valence-electron chi connectivity index (χ4n) is 2.66. The normalized spacial score (nSPS) is 22.3. The Morgan fingerprint density at radius 1 is 1.27 bits per heavy atom. The second-order valence-electron chi connectivity index (χ2n) is 6.40. The van der Waals surface area contributed by atoms with Gasteiger partial charge in [-0.2, -0.15) is 13.2 Å². The molecule has 2 unspecified atom stereocenters. The number of ether oxygens (including phenoxy) is 1. The average Bonchev–Trinajstić information content (AvgIpc) is 3.07. The van der Waals surface area contributed by atoms with Gasteiger partial charge in [-0.05, 0) is 17.4 Å². The summed E-state index contributed by atoms with van der Waals surface area (Å²) in [7, 11) is 0. The second-order valence-corrected chi connectivity index (χ2v) is 7.19. The largest absolute Gasteiger partial charge is 0.460 e. The van der Waals surface area contributed by atoms with Crippen LogP contribution in [0.3, 0.4) is 0 Å². The van der Waals surface area contributed by atoms with Crippen molar-refractivity contribution >= 4 is 29.2 Å². The lowest BCUT2D eigenvalue weighted by molar-refractivity contribution is -0.147. The zero-order valence-corrected chi connectivity index (χ0v) is 14.9. The Morgan fingerprint density at radius 2 is 1.85 bits per heavy atom. The van der Waals surface area contributed by atoms with Gasteiger partial charge in [-0.3, -0.25) is 4.79 Å². The molecular formula is C16H12Cl2F6O2. The Morgan fingerprint density at radius 3 is 2.38 bits per heavy atom. The van der Waals surface area contributed by atoms with E-state index in [0.29, 0.717) is 6.07 Å². The zero-order chi connectivity index (χ0) is 20.0. The minimum atomic E-state index is -4.74. The van der Waals surface area contributed by atoms with Crippen LogP contribution in [0.4, 0.5) is 26.3 Å². The van der Waals surface area contributed by atoms with Crippen LogP contribution in [0.1, 0.15) is 19.4 Å². The molecule has 0 saturated heterocycles. The van der Waals surface area contributed by atoms with E-state index >= 15 is 0 Å². The lowest BCUT2D eigenvalue weighted by atomic mass is 10.1. The predicted octanol–water partition coefficient (Wildman–Crippen LogP) is 5.76. The number of esters is 1. The maximum absolute atomic E-state index is 13.7. The first-order valence-corrected chi connectivity index (χ1v) is 7.97.